The van der Waals surface area contributed by atoms with Gasteiger partial charge in [-0.2, -0.15) is 4.31 Å². The molecule has 2 fully saturated rings. The fourth-order valence-corrected chi connectivity index (χ4v) is 5.94. The number of piperazine rings is 1. The lowest BCUT2D eigenvalue weighted by atomic mass is 9.96. The van der Waals surface area contributed by atoms with Gasteiger partial charge >= 0.3 is 5.97 Å². The molecule has 0 bridgehead atoms. The molecule has 176 valence electrons. The van der Waals surface area contributed by atoms with Gasteiger partial charge in [0.15, 0.2) is 0 Å². The Bertz CT molecular complexity index is 1100. The summed E-state index contributed by atoms with van der Waals surface area (Å²) in [6.07, 6.45) is 4.29. The standard InChI is InChI=1S/C22H27N5O5S/c1-32-21(29)18-5-2-3-6-19(18)33(30,31)27-11-7-17(8-12-27)20(28)25-13-15-26(16-14-25)22-23-9-4-10-24-22/h2-6,9-10,17H,7-8,11-16H2,1H3. The first kappa shape index (κ1) is 23.1. The highest BCUT2D eigenvalue weighted by Crippen LogP contribution is 2.27. The maximum Gasteiger partial charge on any atom is 0.339 e. The third kappa shape index (κ3) is 4.83. The molecule has 0 saturated carbocycles. The predicted molar refractivity (Wildman–Crippen MR) is 120 cm³/mol. The van der Waals surface area contributed by atoms with Crippen LogP contribution in [-0.4, -0.2) is 85.8 Å². The number of esters is 1. The average Bonchev–Trinajstić information content (AvgIpc) is 2.88. The summed E-state index contributed by atoms with van der Waals surface area (Å²) in [4.78, 5) is 37.4. The number of piperidine rings is 1. The summed E-state index contributed by atoms with van der Waals surface area (Å²) in [6, 6.07) is 7.79. The molecule has 0 N–H and O–H groups in total. The minimum absolute atomic E-state index is 0.0125. The normalized spacial score (nSPS) is 18.2. The van der Waals surface area contributed by atoms with Gasteiger partial charge in [0.25, 0.3) is 0 Å². The number of carbonyl (C=O) groups excluding carboxylic acids is 2. The largest absolute Gasteiger partial charge is 0.465 e. The van der Waals surface area contributed by atoms with E-state index in [0.717, 1.165) is 0 Å². The van der Waals surface area contributed by atoms with Gasteiger partial charge in [-0.25, -0.2) is 23.2 Å². The van der Waals surface area contributed by atoms with Gasteiger partial charge in [0.1, 0.15) is 0 Å². The summed E-state index contributed by atoms with van der Waals surface area (Å²) in [5.41, 5.74) is 0.0125. The second-order valence-electron chi connectivity index (χ2n) is 8.03. The van der Waals surface area contributed by atoms with E-state index < -0.39 is 16.0 Å². The van der Waals surface area contributed by atoms with Gasteiger partial charge in [-0.15, -0.1) is 0 Å². The van der Waals surface area contributed by atoms with Gasteiger partial charge in [-0.3, -0.25) is 4.79 Å². The molecule has 2 aromatic rings. The third-order valence-electron chi connectivity index (χ3n) is 6.14. The van der Waals surface area contributed by atoms with Crippen LogP contribution in [0, 0.1) is 5.92 Å². The molecule has 33 heavy (non-hydrogen) atoms. The van der Waals surface area contributed by atoms with Crippen molar-refractivity contribution in [3.05, 3.63) is 48.3 Å². The van der Waals surface area contributed by atoms with E-state index in [1.54, 1.807) is 30.6 Å². The first-order valence-electron chi connectivity index (χ1n) is 10.9. The van der Waals surface area contributed by atoms with Crippen LogP contribution in [0.5, 0.6) is 0 Å². The highest BCUT2D eigenvalue weighted by atomic mass is 32.2. The molecule has 3 heterocycles. The van der Waals surface area contributed by atoms with Crippen LogP contribution in [0.4, 0.5) is 5.95 Å². The summed E-state index contributed by atoms with van der Waals surface area (Å²) in [5.74, 6) is -0.183. The first-order valence-corrected chi connectivity index (χ1v) is 12.3. The molecule has 1 aromatic carbocycles. The van der Waals surface area contributed by atoms with Crippen molar-refractivity contribution in [1.82, 2.24) is 19.2 Å². The Morgan fingerprint density at radius 3 is 2.21 bits per heavy atom. The van der Waals surface area contributed by atoms with Crippen molar-refractivity contribution >= 4 is 27.8 Å². The second-order valence-corrected chi connectivity index (χ2v) is 9.93. The zero-order chi connectivity index (χ0) is 23.4. The smallest absolute Gasteiger partial charge is 0.339 e. The van der Waals surface area contributed by atoms with Crippen LogP contribution in [0.2, 0.25) is 0 Å². The third-order valence-corrected chi connectivity index (χ3v) is 8.10. The molecule has 0 spiro atoms. The van der Waals surface area contributed by atoms with Gasteiger partial charge in [-0.1, -0.05) is 12.1 Å². The van der Waals surface area contributed by atoms with Crippen molar-refractivity contribution in [2.24, 2.45) is 5.92 Å². The Morgan fingerprint density at radius 1 is 0.939 bits per heavy atom. The van der Waals surface area contributed by atoms with Crippen molar-refractivity contribution in [2.75, 3.05) is 51.3 Å². The van der Waals surface area contributed by atoms with Crippen LogP contribution < -0.4 is 4.90 Å². The zero-order valence-electron chi connectivity index (χ0n) is 18.5. The molecule has 11 heteroatoms. The predicted octanol–water partition coefficient (Wildman–Crippen LogP) is 1.01. The molecular weight excluding hydrogens is 446 g/mol. The number of ether oxygens (including phenoxy) is 1. The number of amides is 1. The summed E-state index contributed by atoms with van der Waals surface area (Å²) in [7, 11) is -2.65. The fraction of sp³-hybridized carbons (Fsp3) is 0.455. The van der Waals surface area contributed by atoms with Crippen LogP contribution in [0.15, 0.2) is 47.6 Å². The van der Waals surface area contributed by atoms with Gasteiger partial charge in [-0.05, 0) is 31.0 Å². The van der Waals surface area contributed by atoms with E-state index in [0.29, 0.717) is 45.0 Å². The van der Waals surface area contributed by atoms with E-state index in [9.17, 15) is 18.0 Å². The van der Waals surface area contributed by atoms with Crippen molar-refractivity contribution in [3.63, 3.8) is 0 Å². The Balaban J connectivity index is 1.35. The molecule has 2 saturated heterocycles. The lowest BCUT2D eigenvalue weighted by Gasteiger charge is -2.38. The number of sulfonamides is 1. The van der Waals surface area contributed by atoms with Gasteiger partial charge < -0.3 is 14.5 Å². The van der Waals surface area contributed by atoms with Crippen LogP contribution in [0.3, 0.4) is 0 Å². The van der Waals surface area contributed by atoms with E-state index in [1.165, 1.54) is 23.5 Å². The number of hydrogen-bond donors (Lipinski definition) is 0. The summed E-state index contributed by atoms with van der Waals surface area (Å²) < 4.78 is 32.4. The Kier molecular flexibility index (Phi) is 6.89. The average molecular weight is 474 g/mol. The number of hydrogen-bond acceptors (Lipinski definition) is 8. The quantitative estimate of drug-likeness (QED) is 0.592. The summed E-state index contributed by atoms with van der Waals surface area (Å²) >= 11 is 0. The highest BCUT2D eigenvalue weighted by molar-refractivity contribution is 7.89. The van der Waals surface area contributed by atoms with Crippen molar-refractivity contribution < 1.29 is 22.7 Å². The van der Waals surface area contributed by atoms with Crippen LogP contribution in [-0.2, 0) is 19.6 Å². The van der Waals surface area contributed by atoms with E-state index in [2.05, 4.69) is 14.9 Å². The van der Waals surface area contributed by atoms with Crippen molar-refractivity contribution in [1.29, 1.82) is 0 Å². The monoisotopic (exact) mass is 473 g/mol. The summed E-state index contributed by atoms with van der Waals surface area (Å²) in [6.45, 7) is 2.95. The van der Waals surface area contributed by atoms with E-state index in [1.807, 2.05) is 4.90 Å². The van der Waals surface area contributed by atoms with Crippen LogP contribution in [0.1, 0.15) is 23.2 Å². The maximum atomic E-state index is 13.2. The number of rotatable bonds is 5. The first-order chi connectivity index (χ1) is 15.9. The maximum absolute atomic E-state index is 13.2. The summed E-state index contributed by atoms with van der Waals surface area (Å²) in [5, 5.41) is 0. The molecule has 10 nitrogen and oxygen atoms in total. The van der Waals surface area contributed by atoms with Crippen LogP contribution in [0.25, 0.3) is 0 Å². The topological polar surface area (TPSA) is 113 Å². The molecule has 0 aliphatic carbocycles. The Labute approximate surface area is 193 Å². The molecule has 1 amide bonds. The fourth-order valence-electron chi connectivity index (χ4n) is 4.29. The van der Waals surface area contributed by atoms with Gasteiger partial charge in [0.05, 0.1) is 17.6 Å². The number of aromatic nitrogens is 2. The molecule has 0 atom stereocenters. The zero-order valence-corrected chi connectivity index (χ0v) is 19.3. The number of benzene rings is 1. The van der Waals surface area contributed by atoms with Crippen molar-refractivity contribution in [2.45, 2.75) is 17.7 Å². The van der Waals surface area contributed by atoms with Gasteiger partial charge in [0, 0.05) is 57.6 Å². The minimum Gasteiger partial charge on any atom is -0.465 e. The minimum atomic E-state index is -3.87. The van der Waals surface area contributed by atoms with E-state index in [4.69, 9.17) is 4.74 Å². The molecule has 4 rings (SSSR count). The number of methoxy groups -OCH3 is 1. The lowest BCUT2D eigenvalue weighted by Crippen LogP contribution is -2.52. The van der Waals surface area contributed by atoms with E-state index in [-0.39, 0.29) is 35.4 Å². The highest BCUT2D eigenvalue weighted by Gasteiger charge is 2.36. The molecule has 1 aromatic heterocycles. The van der Waals surface area contributed by atoms with Gasteiger partial charge in [0.2, 0.25) is 21.9 Å². The number of anilines is 1. The SMILES string of the molecule is COC(=O)c1ccccc1S(=O)(=O)N1CCC(C(=O)N2CCN(c3ncccn3)CC2)CC1. The molecular formula is C22H27N5O5S. The molecule has 0 unspecified atom stereocenters. The lowest BCUT2D eigenvalue weighted by molar-refractivity contribution is -0.137. The molecule has 2 aliphatic rings. The molecule has 0 radical (unpaired) electrons. The Hall–Kier alpha value is -3.05. The van der Waals surface area contributed by atoms with E-state index >= 15 is 0 Å². The Morgan fingerprint density at radius 2 is 1.58 bits per heavy atom. The molecule has 2 aliphatic heterocycles. The number of nitrogens with zero attached hydrogens (tertiary/aromatic N) is 5. The second kappa shape index (κ2) is 9.84. The van der Waals surface area contributed by atoms with Crippen molar-refractivity contribution in [3.8, 4) is 0 Å². The van der Waals surface area contributed by atoms with Crippen LogP contribution >= 0.6 is 0 Å². The number of carbonyl (C=O) groups is 2.